The van der Waals surface area contributed by atoms with E-state index in [1.165, 1.54) is 50.8 Å². The molecular weight excluding hydrogens is 349 g/mol. The van der Waals surface area contributed by atoms with Crippen LogP contribution in [-0.4, -0.2) is 30.7 Å². The van der Waals surface area contributed by atoms with Gasteiger partial charge in [-0.25, -0.2) is 9.38 Å². The minimum absolute atomic E-state index is 0.110. The molecule has 2 aliphatic rings. The molecule has 1 heterocycles. The van der Waals surface area contributed by atoms with Gasteiger partial charge in [0.15, 0.2) is 0 Å². The number of allylic oxidation sites excluding steroid dienone is 2. The van der Waals surface area contributed by atoms with Crippen LogP contribution in [0.5, 0.6) is 0 Å². The van der Waals surface area contributed by atoms with Gasteiger partial charge in [0, 0.05) is 11.8 Å². The number of rotatable bonds is 9. The Kier molecular flexibility index (Phi) is 7.43. The lowest BCUT2D eigenvalue weighted by Crippen LogP contribution is -2.20. The number of nitrogens with two attached hydrogens (primary N) is 1. The number of hydrogen-bond acceptors (Lipinski definition) is 3. The molecule has 1 aromatic rings. The second-order valence-electron chi connectivity index (χ2n) is 8.13. The molecule has 0 bridgehead atoms. The molecule has 1 saturated carbocycles. The Hall–Kier alpha value is -1.94. The van der Waals surface area contributed by atoms with Crippen LogP contribution in [0.15, 0.2) is 35.6 Å². The number of halogens is 1. The number of nitrogens with zero attached hydrogens (tertiary/aromatic N) is 2. The zero-order valence-electron chi connectivity index (χ0n) is 17.2. The smallest absolute Gasteiger partial charge is 0.134 e. The lowest BCUT2D eigenvalue weighted by molar-refractivity contribution is 0.329. The average molecular weight is 384 g/mol. The van der Waals surface area contributed by atoms with Crippen LogP contribution >= 0.6 is 0 Å². The van der Waals surface area contributed by atoms with E-state index in [4.69, 9.17) is 5.73 Å². The van der Waals surface area contributed by atoms with E-state index in [0.29, 0.717) is 22.9 Å². The van der Waals surface area contributed by atoms with Crippen LogP contribution in [0.4, 0.5) is 4.39 Å². The first-order valence-electron chi connectivity index (χ1n) is 10.8. The fourth-order valence-corrected chi connectivity index (χ4v) is 4.18. The van der Waals surface area contributed by atoms with Crippen LogP contribution in [0.1, 0.15) is 74.5 Å². The average Bonchev–Trinajstić information content (AvgIpc) is 3.17. The Morgan fingerprint density at radius 3 is 2.64 bits per heavy atom. The molecule has 1 saturated heterocycles. The van der Waals surface area contributed by atoms with Crippen molar-refractivity contribution < 1.29 is 4.39 Å². The first-order valence-corrected chi connectivity index (χ1v) is 10.8. The Bertz CT molecular complexity index is 740. The molecular formula is C24H34FN3. The minimum Gasteiger partial charge on any atom is -0.384 e. The summed E-state index contributed by atoms with van der Waals surface area (Å²) < 4.78 is 15.5. The molecule has 0 aromatic heterocycles. The molecule has 0 spiro atoms. The van der Waals surface area contributed by atoms with Crippen molar-refractivity contribution in [2.24, 2.45) is 10.7 Å². The highest BCUT2D eigenvalue weighted by atomic mass is 19.1. The van der Waals surface area contributed by atoms with Gasteiger partial charge in [0.25, 0.3) is 0 Å². The molecule has 3 nitrogen and oxygen atoms in total. The zero-order chi connectivity index (χ0) is 19.9. The Morgan fingerprint density at radius 1 is 1.25 bits per heavy atom. The summed E-state index contributed by atoms with van der Waals surface area (Å²) in [5, 5.41) is 0. The van der Waals surface area contributed by atoms with E-state index in [-0.39, 0.29) is 5.82 Å². The van der Waals surface area contributed by atoms with Gasteiger partial charge >= 0.3 is 0 Å². The monoisotopic (exact) mass is 383 g/mol. The number of likely N-dealkylation sites (tertiary alicyclic amines) is 1. The Morgan fingerprint density at radius 2 is 2.00 bits per heavy atom. The fourth-order valence-electron chi connectivity index (χ4n) is 4.18. The molecule has 0 radical (unpaired) electrons. The molecule has 2 fully saturated rings. The van der Waals surface area contributed by atoms with E-state index in [2.05, 4.69) is 22.5 Å². The van der Waals surface area contributed by atoms with Crippen LogP contribution in [0.25, 0.3) is 5.57 Å². The van der Waals surface area contributed by atoms with Crippen LogP contribution in [-0.2, 0) is 6.42 Å². The third-order valence-electron chi connectivity index (χ3n) is 6.19. The standard InChI is InChI=1S/C24H34FN3/c1-3-23(26)27-17-18(2)20-12-13-21(19-9-8-10-19)22(24(20)25)11-4-5-14-28-15-6-7-16-28/h3,12-13,17,19H,2,4-11,14-16,26H2,1H3/b23-3-,27-17?. The summed E-state index contributed by atoms with van der Waals surface area (Å²) in [6.45, 7) is 9.43. The van der Waals surface area contributed by atoms with Crippen LogP contribution in [0, 0.1) is 5.82 Å². The predicted octanol–water partition coefficient (Wildman–Crippen LogP) is 5.42. The third-order valence-corrected chi connectivity index (χ3v) is 6.19. The summed E-state index contributed by atoms with van der Waals surface area (Å²) in [5.41, 5.74) is 8.94. The van der Waals surface area contributed by atoms with Gasteiger partial charge in [0.05, 0.1) is 0 Å². The van der Waals surface area contributed by atoms with E-state index in [9.17, 15) is 0 Å². The van der Waals surface area contributed by atoms with Crippen molar-refractivity contribution in [3.05, 3.63) is 53.1 Å². The highest BCUT2D eigenvalue weighted by molar-refractivity contribution is 6.09. The normalized spacial score (nSPS) is 18.7. The topological polar surface area (TPSA) is 41.6 Å². The van der Waals surface area contributed by atoms with Crippen LogP contribution < -0.4 is 5.73 Å². The van der Waals surface area contributed by atoms with Crippen molar-refractivity contribution in [1.29, 1.82) is 0 Å². The largest absolute Gasteiger partial charge is 0.384 e. The van der Waals surface area contributed by atoms with E-state index in [0.717, 1.165) is 31.4 Å². The highest BCUT2D eigenvalue weighted by Crippen LogP contribution is 2.40. The second kappa shape index (κ2) is 10.0. The molecule has 28 heavy (non-hydrogen) atoms. The first-order chi connectivity index (χ1) is 13.6. The summed E-state index contributed by atoms with van der Waals surface area (Å²) in [6.07, 6.45) is 12.5. The van der Waals surface area contributed by atoms with Gasteiger partial charge in [-0.3, -0.25) is 0 Å². The third kappa shape index (κ3) is 5.11. The lowest BCUT2D eigenvalue weighted by atomic mass is 9.76. The lowest BCUT2D eigenvalue weighted by Gasteiger charge is -2.29. The fraction of sp³-hybridized carbons (Fsp3) is 0.542. The second-order valence-corrected chi connectivity index (χ2v) is 8.13. The molecule has 152 valence electrons. The van der Waals surface area contributed by atoms with Gasteiger partial charge in [-0.2, -0.15) is 0 Å². The van der Waals surface area contributed by atoms with Gasteiger partial charge in [-0.1, -0.05) is 25.1 Å². The summed E-state index contributed by atoms with van der Waals surface area (Å²) in [4.78, 5) is 6.67. The Balaban J connectivity index is 1.72. The van der Waals surface area contributed by atoms with Crippen LogP contribution in [0.2, 0.25) is 0 Å². The summed E-state index contributed by atoms with van der Waals surface area (Å²) >= 11 is 0. The van der Waals surface area contributed by atoms with Crippen molar-refractivity contribution in [2.75, 3.05) is 19.6 Å². The zero-order valence-corrected chi connectivity index (χ0v) is 17.2. The van der Waals surface area contributed by atoms with E-state index >= 15 is 4.39 Å². The summed E-state index contributed by atoms with van der Waals surface area (Å²) in [5.74, 6) is 0.827. The van der Waals surface area contributed by atoms with E-state index in [1.54, 1.807) is 12.3 Å². The predicted molar refractivity (Wildman–Crippen MR) is 117 cm³/mol. The highest BCUT2D eigenvalue weighted by Gasteiger charge is 2.25. The van der Waals surface area contributed by atoms with Crippen LogP contribution in [0.3, 0.4) is 0 Å². The van der Waals surface area contributed by atoms with E-state index < -0.39 is 0 Å². The number of hydrogen-bond donors (Lipinski definition) is 1. The number of unbranched alkanes of at least 4 members (excludes halogenated alkanes) is 1. The van der Waals surface area contributed by atoms with Crippen molar-refractivity contribution in [3.8, 4) is 0 Å². The molecule has 0 unspecified atom stereocenters. The maximum Gasteiger partial charge on any atom is 0.134 e. The van der Waals surface area contributed by atoms with Gasteiger partial charge < -0.3 is 10.6 Å². The minimum atomic E-state index is -0.110. The van der Waals surface area contributed by atoms with Crippen molar-refractivity contribution in [2.45, 2.75) is 64.2 Å². The van der Waals surface area contributed by atoms with Gasteiger partial charge in [0.2, 0.25) is 0 Å². The van der Waals surface area contributed by atoms with Crippen molar-refractivity contribution in [3.63, 3.8) is 0 Å². The SMILES string of the molecule is C=C(C=N/C(N)=C\C)c1ccc(C2CCC2)c(CCCCN2CCCC2)c1F. The molecule has 1 aliphatic heterocycles. The molecule has 0 amide bonds. The molecule has 3 rings (SSSR count). The quantitative estimate of drug-likeness (QED) is 0.457. The summed E-state index contributed by atoms with van der Waals surface area (Å²) in [7, 11) is 0. The maximum absolute atomic E-state index is 15.5. The van der Waals surface area contributed by atoms with Gasteiger partial charge in [-0.15, -0.1) is 0 Å². The first kappa shape index (κ1) is 20.8. The van der Waals surface area contributed by atoms with Crippen molar-refractivity contribution in [1.82, 2.24) is 4.90 Å². The molecule has 1 aliphatic carbocycles. The molecule has 4 heteroatoms. The Labute approximate surface area is 169 Å². The van der Waals surface area contributed by atoms with Gasteiger partial charge in [-0.05, 0) is 100 Å². The van der Waals surface area contributed by atoms with Gasteiger partial charge in [0.1, 0.15) is 11.6 Å². The van der Waals surface area contributed by atoms with Crippen molar-refractivity contribution >= 4 is 11.8 Å². The maximum atomic E-state index is 15.5. The molecule has 0 atom stereocenters. The number of aliphatic imine (C=N–C) groups is 1. The molecule has 1 aromatic carbocycles. The van der Waals surface area contributed by atoms with E-state index in [1.807, 2.05) is 13.0 Å². The summed E-state index contributed by atoms with van der Waals surface area (Å²) in [6, 6.07) is 3.99. The molecule has 2 N–H and O–H groups in total. The number of benzene rings is 1.